The van der Waals surface area contributed by atoms with Crippen molar-refractivity contribution in [2.75, 3.05) is 23.7 Å². The van der Waals surface area contributed by atoms with Crippen molar-refractivity contribution in [1.82, 2.24) is 0 Å². The third-order valence-corrected chi connectivity index (χ3v) is 5.39. The smallest absolute Gasteiger partial charge is 0.0343 e. The largest absolute Gasteiger partial charge is 0.385 e. The van der Waals surface area contributed by atoms with E-state index in [1.54, 1.807) is 0 Å². The van der Waals surface area contributed by atoms with Gasteiger partial charge in [0.2, 0.25) is 0 Å². The average Bonchev–Trinajstić information content (AvgIpc) is 2.83. The molecule has 0 spiro atoms. The highest BCUT2D eigenvalue weighted by atomic mass is 14.9. The molecule has 2 aromatic rings. The molecule has 0 fully saturated rings. The molecule has 0 bridgehead atoms. The van der Waals surface area contributed by atoms with Gasteiger partial charge in [0.1, 0.15) is 0 Å². The molecule has 1 aliphatic carbocycles. The summed E-state index contributed by atoms with van der Waals surface area (Å²) in [7, 11) is 0. The van der Waals surface area contributed by atoms with E-state index < -0.39 is 0 Å². The van der Waals surface area contributed by atoms with Crippen LogP contribution in [0.15, 0.2) is 36.4 Å². The molecule has 0 radical (unpaired) electrons. The standard InChI is InChI=1S/C23H32N2/c1-5-7-13-24-17-9-11-19-20-12-10-18(25-14-8-6-2)16-22(20)23(3,4)21(19)15-17/h9-12,15-16,24-25H,5-8,13-14H2,1-4H3. The van der Waals surface area contributed by atoms with Crippen LogP contribution in [0.2, 0.25) is 0 Å². The van der Waals surface area contributed by atoms with Crippen molar-refractivity contribution in [3.63, 3.8) is 0 Å². The molecular weight excluding hydrogens is 304 g/mol. The highest BCUT2D eigenvalue weighted by Gasteiger charge is 2.35. The molecule has 2 N–H and O–H groups in total. The van der Waals surface area contributed by atoms with Crippen LogP contribution in [0.3, 0.4) is 0 Å². The average molecular weight is 337 g/mol. The Bertz CT molecular complexity index is 669. The van der Waals surface area contributed by atoms with Gasteiger partial charge in [-0.15, -0.1) is 0 Å². The fraction of sp³-hybridized carbons (Fsp3) is 0.478. The highest BCUT2D eigenvalue weighted by molar-refractivity contribution is 5.83. The maximum absolute atomic E-state index is 3.57. The molecule has 0 atom stereocenters. The van der Waals surface area contributed by atoms with E-state index in [0.29, 0.717) is 0 Å². The minimum Gasteiger partial charge on any atom is -0.385 e. The summed E-state index contributed by atoms with van der Waals surface area (Å²) in [5.41, 5.74) is 8.20. The number of anilines is 2. The lowest BCUT2D eigenvalue weighted by atomic mass is 9.82. The van der Waals surface area contributed by atoms with Gasteiger partial charge in [-0.1, -0.05) is 52.7 Å². The Morgan fingerprint density at radius 3 is 1.56 bits per heavy atom. The van der Waals surface area contributed by atoms with Crippen molar-refractivity contribution in [3.05, 3.63) is 47.5 Å². The predicted molar refractivity (Wildman–Crippen MR) is 111 cm³/mol. The number of rotatable bonds is 8. The van der Waals surface area contributed by atoms with Crippen LogP contribution in [-0.4, -0.2) is 13.1 Å². The lowest BCUT2D eigenvalue weighted by molar-refractivity contribution is 0.660. The quantitative estimate of drug-likeness (QED) is 0.544. The zero-order chi connectivity index (χ0) is 17.9. The van der Waals surface area contributed by atoms with Crippen LogP contribution in [0.4, 0.5) is 11.4 Å². The monoisotopic (exact) mass is 336 g/mol. The van der Waals surface area contributed by atoms with E-state index >= 15 is 0 Å². The first-order valence-electron chi connectivity index (χ1n) is 9.85. The second-order valence-corrected chi connectivity index (χ2v) is 7.71. The van der Waals surface area contributed by atoms with Crippen LogP contribution in [0.5, 0.6) is 0 Å². The molecule has 2 aromatic carbocycles. The Labute approximate surface area is 153 Å². The molecule has 2 nitrogen and oxygen atoms in total. The first-order valence-corrected chi connectivity index (χ1v) is 9.85. The van der Waals surface area contributed by atoms with Crippen molar-refractivity contribution < 1.29 is 0 Å². The normalized spacial score (nSPS) is 14.1. The van der Waals surface area contributed by atoms with E-state index in [1.807, 2.05) is 0 Å². The van der Waals surface area contributed by atoms with Crippen LogP contribution >= 0.6 is 0 Å². The van der Waals surface area contributed by atoms with Crippen LogP contribution in [0, 0.1) is 0 Å². The Balaban J connectivity index is 1.88. The molecule has 3 rings (SSSR count). The van der Waals surface area contributed by atoms with E-state index in [1.165, 1.54) is 59.3 Å². The first-order chi connectivity index (χ1) is 12.1. The Kier molecular flexibility index (Phi) is 5.36. The molecule has 0 heterocycles. The second-order valence-electron chi connectivity index (χ2n) is 7.71. The summed E-state index contributed by atoms with van der Waals surface area (Å²) in [6.07, 6.45) is 4.88. The zero-order valence-corrected chi connectivity index (χ0v) is 16.2. The van der Waals surface area contributed by atoms with E-state index in [-0.39, 0.29) is 5.41 Å². The lowest BCUT2D eigenvalue weighted by Crippen LogP contribution is -2.16. The predicted octanol–water partition coefficient (Wildman–Crippen LogP) is 6.42. The van der Waals surface area contributed by atoms with Gasteiger partial charge >= 0.3 is 0 Å². The van der Waals surface area contributed by atoms with E-state index in [4.69, 9.17) is 0 Å². The number of benzene rings is 2. The molecule has 0 saturated heterocycles. The Morgan fingerprint density at radius 1 is 0.720 bits per heavy atom. The molecule has 0 aliphatic heterocycles. The molecule has 0 saturated carbocycles. The van der Waals surface area contributed by atoms with Gasteiger partial charge in [-0.25, -0.2) is 0 Å². The third-order valence-electron chi connectivity index (χ3n) is 5.39. The fourth-order valence-electron chi connectivity index (χ4n) is 3.78. The van der Waals surface area contributed by atoms with Gasteiger partial charge in [-0.05, 0) is 59.4 Å². The van der Waals surface area contributed by atoms with E-state index in [9.17, 15) is 0 Å². The van der Waals surface area contributed by atoms with E-state index in [0.717, 1.165) is 13.1 Å². The Hall–Kier alpha value is -1.96. The second kappa shape index (κ2) is 7.51. The summed E-state index contributed by atoms with van der Waals surface area (Å²) in [6, 6.07) is 13.8. The molecule has 0 aromatic heterocycles. The minimum atomic E-state index is 0.0512. The van der Waals surface area contributed by atoms with Crippen LogP contribution in [0.1, 0.15) is 64.5 Å². The molecule has 0 amide bonds. The van der Waals surface area contributed by atoms with Crippen LogP contribution < -0.4 is 10.6 Å². The van der Waals surface area contributed by atoms with Gasteiger partial charge in [-0.2, -0.15) is 0 Å². The van der Waals surface area contributed by atoms with Gasteiger partial charge < -0.3 is 10.6 Å². The zero-order valence-electron chi connectivity index (χ0n) is 16.2. The summed E-state index contributed by atoms with van der Waals surface area (Å²) in [5.74, 6) is 0. The molecule has 25 heavy (non-hydrogen) atoms. The molecule has 1 aliphatic rings. The summed E-state index contributed by atoms with van der Waals surface area (Å²) < 4.78 is 0. The number of unbranched alkanes of at least 4 members (excludes halogenated alkanes) is 2. The number of nitrogens with one attached hydrogen (secondary N) is 2. The maximum Gasteiger partial charge on any atom is 0.0343 e. The van der Waals surface area contributed by atoms with Crippen LogP contribution in [-0.2, 0) is 5.41 Å². The highest BCUT2D eigenvalue weighted by Crippen LogP contribution is 2.50. The minimum absolute atomic E-state index is 0.0512. The number of hydrogen-bond acceptors (Lipinski definition) is 2. The SMILES string of the molecule is CCCCNc1ccc2c(c1)C(C)(C)c1cc(NCCCC)ccc1-2. The molecule has 134 valence electrons. The topological polar surface area (TPSA) is 24.1 Å². The summed E-state index contributed by atoms with van der Waals surface area (Å²) >= 11 is 0. The summed E-state index contributed by atoms with van der Waals surface area (Å²) in [4.78, 5) is 0. The lowest BCUT2D eigenvalue weighted by Gasteiger charge is -2.23. The summed E-state index contributed by atoms with van der Waals surface area (Å²) in [5, 5.41) is 7.15. The van der Waals surface area contributed by atoms with Crippen molar-refractivity contribution >= 4 is 11.4 Å². The third kappa shape index (κ3) is 3.53. The van der Waals surface area contributed by atoms with Crippen molar-refractivity contribution in [2.24, 2.45) is 0 Å². The van der Waals surface area contributed by atoms with Crippen LogP contribution in [0.25, 0.3) is 11.1 Å². The van der Waals surface area contributed by atoms with Crippen molar-refractivity contribution in [3.8, 4) is 11.1 Å². The molecule has 0 unspecified atom stereocenters. The van der Waals surface area contributed by atoms with Gasteiger partial charge in [0.25, 0.3) is 0 Å². The van der Waals surface area contributed by atoms with E-state index in [2.05, 4.69) is 74.7 Å². The van der Waals surface area contributed by atoms with Crippen molar-refractivity contribution in [2.45, 2.75) is 58.8 Å². The first kappa shape index (κ1) is 17.8. The van der Waals surface area contributed by atoms with Gasteiger partial charge in [0, 0.05) is 29.9 Å². The molecule has 2 heteroatoms. The number of fused-ring (bicyclic) bond motifs is 3. The number of hydrogen-bond donors (Lipinski definition) is 2. The van der Waals surface area contributed by atoms with Gasteiger partial charge in [0.05, 0.1) is 0 Å². The van der Waals surface area contributed by atoms with Crippen molar-refractivity contribution in [1.29, 1.82) is 0 Å². The van der Waals surface area contributed by atoms with Gasteiger partial charge in [0.15, 0.2) is 0 Å². The summed E-state index contributed by atoms with van der Waals surface area (Å²) in [6.45, 7) is 11.3. The Morgan fingerprint density at radius 2 is 1.16 bits per heavy atom. The van der Waals surface area contributed by atoms with Gasteiger partial charge in [-0.3, -0.25) is 0 Å². The maximum atomic E-state index is 3.57. The molecular formula is C23H32N2. The fourth-order valence-corrected chi connectivity index (χ4v) is 3.78.